The highest BCUT2D eigenvalue weighted by molar-refractivity contribution is 7.12. The number of ether oxygens (including phenoxy) is 3. The first-order valence-electron chi connectivity index (χ1n) is 13.6. The van der Waals surface area contributed by atoms with Gasteiger partial charge in [0.1, 0.15) is 11.9 Å². The van der Waals surface area contributed by atoms with Gasteiger partial charge in [0.2, 0.25) is 0 Å². The molecule has 2 aromatic heterocycles. The lowest BCUT2D eigenvalue weighted by Gasteiger charge is -2.38. The number of nitrogens with zero attached hydrogens (tertiary/aromatic N) is 2. The van der Waals surface area contributed by atoms with E-state index in [-0.39, 0.29) is 18.7 Å². The molecule has 0 amide bonds. The number of likely N-dealkylation sites (N-methyl/N-ethyl adjacent to an activating group) is 1. The van der Waals surface area contributed by atoms with Crippen molar-refractivity contribution in [3.05, 3.63) is 75.1 Å². The van der Waals surface area contributed by atoms with Crippen LogP contribution in [-0.2, 0) is 24.7 Å². The van der Waals surface area contributed by atoms with Crippen molar-refractivity contribution in [2.45, 2.75) is 50.9 Å². The third-order valence-corrected chi connectivity index (χ3v) is 9.18. The molecule has 2 unspecified atom stereocenters. The van der Waals surface area contributed by atoms with Gasteiger partial charge in [0.25, 0.3) is 5.60 Å². The zero-order valence-corrected chi connectivity index (χ0v) is 24.5. The number of esters is 2. The Morgan fingerprint density at radius 2 is 1.67 bits per heavy atom. The molecule has 0 saturated carbocycles. The third kappa shape index (κ3) is 7.28. The van der Waals surface area contributed by atoms with Crippen LogP contribution in [0, 0.1) is 0 Å². The molecule has 1 saturated heterocycles. The highest BCUT2D eigenvalue weighted by Gasteiger charge is 2.51. The Morgan fingerprint density at radius 3 is 2.26 bits per heavy atom. The summed E-state index contributed by atoms with van der Waals surface area (Å²) in [6.45, 7) is 6.92. The number of thiophene rings is 2. The van der Waals surface area contributed by atoms with Crippen molar-refractivity contribution in [2.75, 3.05) is 39.8 Å². The Bertz CT molecular complexity index is 1120. The van der Waals surface area contributed by atoms with Crippen LogP contribution in [0.5, 0.6) is 5.75 Å². The van der Waals surface area contributed by atoms with Crippen molar-refractivity contribution in [2.24, 2.45) is 0 Å². The molecule has 1 fully saturated rings. The lowest BCUT2D eigenvalue weighted by Crippen LogP contribution is -2.48. The van der Waals surface area contributed by atoms with Gasteiger partial charge >= 0.3 is 11.9 Å². The minimum atomic E-state index is -1.62. The van der Waals surface area contributed by atoms with E-state index in [1.165, 1.54) is 22.7 Å². The molecular formula is C30H38N2O5S2. The number of benzene rings is 1. The zero-order valence-electron chi connectivity index (χ0n) is 22.9. The smallest absolute Gasteiger partial charge is 0.362 e. The third-order valence-electron chi connectivity index (χ3n) is 7.24. The van der Waals surface area contributed by atoms with Gasteiger partial charge in [-0.05, 0) is 68.0 Å². The van der Waals surface area contributed by atoms with Gasteiger partial charge < -0.3 is 19.1 Å². The number of rotatable bonds is 13. The molecule has 39 heavy (non-hydrogen) atoms. The first kappa shape index (κ1) is 29.3. The SMILES string of the molecule is CCN(CC)CC(=O)OC(C(=O)OC1CCN(C)C(CCOc2ccccc2)C1)(c1cccs1)c1cccs1. The standard InChI is InChI=1S/C30H38N2O5S2/c1-4-32(5-2)22-28(33)37-30(26-13-9-19-38-26,27-14-10-20-39-27)29(34)36-25-15-17-31(3)23(21-25)16-18-35-24-11-7-6-8-12-24/h6-14,19-20,23,25H,4-5,15-18,21-22H2,1-3H3. The van der Waals surface area contributed by atoms with Gasteiger partial charge in [0.15, 0.2) is 0 Å². The largest absolute Gasteiger partial charge is 0.494 e. The van der Waals surface area contributed by atoms with Crippen LogP contribution in [-0.4, -0.2) is 73.7 Å². The number of hydrogen-bond donors (Lipinski definition) is 0. The van der Waals surface area contributed by atoms with Gasteiger partial charge in [0.05, 0.1) is 22.9 Å². The summed E-state index contributed by atoms with van der Waals surface area (Å²) in [5, 5.41) is 3.78. The maximum absolute atomic E-state index is 14.1. The van der Waals surface area contributed by atoms with Crippen LogP contribution in [0.4, 0.5) is 0 Å². The quantitative estimate of drug-likeness (QED) is 0.255. The Kier molecular flexibility index (Phi) is 10.6. The van der Waals surface area contributed by atoms with Crippen LogP contribution in [0.15, 0.2) is 65.4 Å². The molecule has 210 valence electrons. The fourth-order valence-corrected chi connectivity index (χ4v) is 6.68. The molecule has 0 aliphatic carbocycles. The second-order valence-electron chi connectivity index (χ2n) is 9.71. The fraction of sp³-hybridized carbons (Fsp3) is 0.467. The molecule has 0 bridgehead atoms. The highest BCUT2D eigenvalue weighted by Crippen LogP contribution is 2.41. The normalized spacial score (nSPS) is 18.2. The Balaban J connectivity index is 1.50. The predicted octanol–water partition coefficient (Wildman–Crippen LogP) is 5.41. The highest BCUT2D eigenvalue weighted by atomic mass is 32.1. The summed E-state index contributed by atoms with van der Waals surface area (Å²) in [5.74, 6) is -0.131. The van der Waals surface area contributed by atoms with E-state index in [4.69, 9.17) is 14.2 Å². The molecule has 9 heteroatoms. The zero-order chi connectivity index (χ0) is 27.7. The van der Waals surface area contributed by atoms with Crippen LogP contribution >= 0.6 is 22.7 Å². The lowest BCUT2D eigenvalue weighted by molar-refractivity contribution is -0.184. The molecule has 0 radical (unpaired) electrons. The molecule has 0 N–H and O–H groups in total. The van der Waals surface area contributed by atoms with E-state index in [2.05, 4.69) is 11.9 Å². The van der Waals surface area contributed by atoms with Crippen molar-refractivity contribution in [3.63, 3.8) is 0 Å². The number of carbonyl (C=O) groups excluding carboxylic acids is 2. The minimum absolute atomic E-state index is 0.108. The molecule has 4 rings (SSSR count). The number of hydrogen-bond acceptors (Lipinski definition) is 9. The van der Waals surface area contributed by atoms with Crippen molar-refractivity contribution in [1.29, 1.82) is 0 Å². The van der Waals surface area contributed by atoms with Gasteiger partial charge in [0, 0.05) is 19.0 Å². The van der Waals surface area contributed by atoms with Gasteiger partial charge in [-0.25, -0.2) is 4.79 Å². The summed E-state index contributed by atoms with van der Waals surface area (Å²) in [6.07, 6.45) is 1.95. The summed E-state index contributed by atoms with van der Waals surface area (Å²) >= 11 is 2.78. The number of piperidine rings is 1. The van der Waals surface area contributed by atoms with Crippen LogP contribution in [0.25, 0.3) is 0 Å². The summed E-state index contributed by atoms with van der Waals surface area (Å²) in [5.41, 5.74) is -1.62. The number of likely N-dealkylation sites (tertiary alicyclic amines) is 1. The Labute approximate surface area is 239 Å². The van der Waals surface area contributed by atoms with Crippen LogP contribution in [0.3, 0.4) is 0 Å². The average Bonchev–Trinajstić information content (AvgIpc) is 3.68. The second kappa shape index (κ2) is 14.1. The van der Waals surface area contributed by atoms with Crippen LogP contribution < -0.4 is 4.74 Å². The molecular weight excluding hydrogens is 532 g/mol. The number of carbonyl (C=O) groups is 2. The van der Waals surface area contributed by atoms with E-state index in [9.17, 15) is 9.59 Å². The molecule has 0 spiro atoms. The molecule has 1 aromatic carbocycles. The van der Waals surface area contributed by atoms with E-state index in [1.807, 2.05) is 84.1 Å². The topological polar surface area (TPSA) is 68.3 Å². The Morgan fingerprint density at radius 1 is 1.00 bits per heavy atom. The lowest BCUT2D eigenvalue weighted by atomic mass is 9.96. The van der Waals surface area contributed by atoms with Crippen molar-refractivity contribution in [3.8, 4) is 5.75 Å². The van der Waals surface area contributed by atoms with E-state index in [0.717, 1.165) is 25.1 Å². The van der Waals surface area contributed by atoms with Gasteiger partial charge in [-0.1, -0.05) is 44.2 Å². The monoisotopic (exact) mass is 570 g/mol. The van der Waals surface area contributed by atoms with Crippen molar-refractivity contribution in [1.82, 2.24) is 9.80 Å². The molecule has 7 nitrogen and oxygen atoms in total. The van der Waals surface area contributed by atoms with E-state index < -0.39 is 17.5 Å². The maximum atomic E-state index is 14.1. The van der Waals surface area contributed by atoms with E-state index in [1.54, 1.807) is 0 Å². The number of para-hydroxylation sites is 1. The first-order valence-corrected chi connectivity index (χ1v) is 15.3. The summed E-state index contributed by atoms with van der Waals surface area (Å²) in [6, 6.07) is 17.4. The summed E-state index contributed by atoms with van der Waals surface area (Å²) in [7, 11) is 2.10. The minimum Gasteiger partial charge on any atom is -0.494 e. The van der Waals surface area contributed by atoms with E-state index >= 15 is 0 Å². The first-order chi connectivity index (χ1) is 19.0. The second-order valence-corrected chi connectivity index (χ2v) is 11.6. The van der Waals surface area contributed by atoms with Crippen molar-refractivity contribution >= 4 is 34.6 Å². The van der Waals surface area contributed by atoms with Crippen LogP contribution in [0.2, 0.25) is 0 Å². The maximum Gasteiger partial charge on any atom is 0.362 e. The van der Waals surface area contributed by atoms with Gasteiger partial charge in [-0.3, -0.25) is 9.69 Å². The molecule has 3 heterocycles. The molecule has 1 aliphatic rings. The average molecular weight is 571 g/mol. The van der Waals surface area contributed by atoms with Crippen LogP contribution in [0.1, 0.15) is 42.9 Å². The van der Waals surface area contributed by atoms with Gasteiger partial charge in [-0.15, -0.1) is 22.7 Å². The molecule has 2 atom stereocenters. The van der Waals surface area contributed by atoms with Gasteiger partial charge in [-0.2, -0.15) is 0 Å². The molecule has 1 aliphatic heterocycles. The fourth-order valence-electron chi connectivity index (χ4n) is 4.90. The van der Waals surface area contributed by atoms with Crippen molar-refractivity contribution < 1.29 is 23.8 Å². The summed E-state index contributed by atoms with van der Waals surface area (Å²) in [4.78, 5) is 32.9. The predicted molar refractivity (Wildman–Crippen MR) is 155 cm³/mol. The molecule has 3 aromatic rings. The Hall–Kier alpha value is -2.72. The van der Waals surface area contributed by atoms with E-state index in [0.29, 0.717) is 35.9 Å². The summed E-state index contributed by atoms with van der Waals surface area (Å²) < 4.78 is 18.3.